The summed E-state index contributed by atoms with van der Waals surface area (Å²) >= 11 is 0. The summed E-state index contributed by atoms with van der Waals surface area (Å²) in [6.45, 7) is 3.41. The van der Waals surface area contributed by atoms with Crippen LogP contribution in [0.15, 0.2) is 65.8 Å². The molecule has 0 radical (unpaired) electrons. The number of hydrazone groups is 1. The minimum atomic E-state index is -0.473. The number of nitro groups is 1. The Morgan fingerprint density at radius 3 is 2.38 bits per heavy atom. The van der Waals surface area contributed by atoms with E-state index in [-0.39, 0.29) is 5.69 Å². The highest BCUT2D eigenvalue weighted by Crippen LogP contribution is 2.19. The Bertz CT molecular complexity index is 1040. The van der Waals surface area contributed by atoms with E-state index in [9.17, 15) is 14.9 Å². The molecule has 0 aliphatic rings. The molecule has 6 heteroatoms. The third kappa shape index (κ3) is 3.59. The maximum Gasteiger partial charge on any atom is 0.272 e. The van der Waals surface area contributed by atoms with Crippen LogP contribution in [-0.2, 0) is 0 Å². The van der Waals surface area contributed by atoms with Crippen LogP contribution in [0.25, 0.3) is 10.8 Å². The lowest BCUT2D eigenvalue weighted by Crippen LogP contribution is -2.19. The summed E-state index contributed by atoms with van der Waals surface area (Å²) in [4.78, 5) is 22.6. The molecule has 1 amide bonds. The Morgan fingerprint density at radius 2 is 1.69 bits per heavy atom. The van der Waals surface area contributed by atoms with E-state index in [1.54, 1.807) is 6.92 Å². The number of nitrogens with one attached hydrogen (secondary N) is 1. The number of carbonyl (C=O) groups is 1. The molecule has 0 saturated carbocycles. The van der Waals surface area contributed by atoms with Crippen molar-refractivity contribution < 1.29 is 9.72 Å². The topological polar surface area (TPSA) is 84.6 Å². The summed E-state index contributed by atoms with van der Waals surface area (Å²) in [5, 5.41) is 17.2. The fourth-order valence-electron chi connectivity index (χ4n) is 2.68. The third-order valence-corrected chi connectivity index (χ3v) is 4.15. The molecule has 0 heterocycles. The van der Waals surface area contributed by atoms with Crippen LogP contribution >= 0.6 is 0 Å². The van der Waals surface area contributed by atoms with Crippen LogP contribution in [0, 0.1) is 17.0 Å². The van der Waals surface area contributed by atoms with E-state index >= 15 is 0 Å². The Hall–Kier alpha value is -3.54. The van der Waals surface area contributed by atoms with Crippen LogP contribution < -0.4 is 5.43 Å². The molecule has 0 spiro atoms. The second kappa shape index (κ2) is 7.14. The minimum Gasteiger partial charge on any atom is -0.267 e. The van der Waals surface area contributed by atoms with Crippen LogP contribution in [0.1, 0.15) is 28.4 Å². The number of hydrogen-bond donors (Lipinski definition) is 1. The molecule has 130 valence electrons. The summed E-state index contributed by atoms with van der Waals surface area (Å²) in [6.07, 6.45) is 0. The third-order valence-electron chi connectivity index (χ3n) is 4.15. The van der Waals surface area contributed by atoms with Crippen LogP contribution in [-0.4, -0.2) is 16.5 Å². The molecule has 0 saturated heterocycles. The number of nitrogens with zero attached hydrogens (tertiary/aromatic N) is 2. The van der Waals surface area contributed by atoms with Crippen molar-refractivity contribution in [2.24, 2.45) is 5.10 Å². The first kappa shape index (κ1) is 17.3. The number of benzene rings is 3. The van der Waals surface area contributed by atoms with Crippen molar-refractivity contribution in [3.8, 4) is 0 Å². The molecule has 6 nitrogen and oxygen atoms in total. The molecule has 3 aromatic carbocycles. The van der Waals surface area contributed by atoms with Crippen molar-refractivity contribution in [1.82, 2.24) is 5.43 Å². The van der Waals surface area contributed by atoms with Crippen LogP contribution in [0.2, 0.25) is 0 Å². The van der Waals surface area contributed by atoms with Gasteiger partial charge in [-0.3, -0.25) is 14.9 Å². The SMILES string of the molecule is CC(=NNC(=O)c1ccc([N+](=O)[O-])c(C)c1)c1ccc2ccccc2c1. The average molecular weight is 347 g/mol. The second-order valence-electron chi connectivity index (χ2n) is 5.96. The van der Waals surface area contributed by atoms with E-state index in [0.29, 0.717) is 16.8 Å². The van der Waals surface area contributed by atoms with Gasteiger partial charge in [-0.2, -0.15) is 5.10 Å². The van der Waals surface area contributed by atoms with Crippen molar-refractivity contribution in [2.45, 2.75) is 13.8 Å². The van der Waals surface area contributed by atoms with E-state index in [1.165, 1.54) is 18.2 Å². The molecule has 1 N–H and O–H groups in total. The lowest BCUT2D eigenvalue weighted by Gasteiger charge is -2.05. The lowest BCUT2D eigenvalue weighted by atomic mass is 10.0. The second-order valence-corrected chi connectivity index (χ2v) is 5.96. The highest BCUT2D eigenvalue weighted by molar-refractivity contribution is 6.03. The molecule has 0 unspecified atom stereocenters. The van der Waals surface area contributed by atoms with Gasteiger partial charge in [-0.1, -0.05) is 36.4 Å². The minimum absolute atomic E-state index is 0.0163. The summed E-state index contributed by atoms with van der Waals surface area (Å²) < 4.78 is 0. The zero-order valence-corrected chi connectivity index (χ0v) is 14.4. The van der Waals surface area contributed by atoms with Gasteiger partial charge in [-0.15, -0.1) is 0 Å². The number of amides is 1. The van der Waals surface area contributed by atoms with E-state index < -0.39 is 10.8 Å². The Balaban J connectivity index is 1.78. The first-order valence-electron chi connectivity index (χ1n) is 8.04. The van der Waals surface area contributed by atoms with Crippen LogP contribution in [0.4, 0.5) is 5.69 Å². The number of rotatable bonds is 4. The summed E-state index contributed by atoms with van der Waals surface area (Å²) in [7, 11) is 0. The molecule has 0 aromatic heterocycles. The summed E-state index contributed by atoms with van der Waals surface area (Å²) in [5.74, 6) is -0.414. The summed E-state index contributed by atoms with van der Waals surface area (Å²) in [6, 6.07) is 18.2. The molecule has 0 bridgehead atoms. The molecule has 3 aromatic rings. The zero-order valence-electron chi connectivity index (χ0n) is 14.4. The van der Waals surface area contributed by atoms with Crippen molar-refractivity contribution in [1.29, 1.82) is 0 Å². The van der Waals surface area contributed by atoms with E-state index in [2.05, 4.69) is 10.5 Å². The van der Waals surface area contributed by atoms with Gasteiger partial charge in [-0.05, 0) is 48.4 Å². The fraction of sp³-hybridized carbons (Fsp3) is 0.100. The number of aryl methyl sites for hydroxylation is 1. The molecule has 0 aliphatic heterocycles. The van der Waals surface area contributed by atoms with Gasteiger partial charge in [0.2, 0.25) is 0 Å². The van der Waals surface area contributed by atoms with E-state index in [0.717, 1.165) is 16.3 Å². The van der Waals surface area contributed by atoms with Crippen molar-refractivity contribution in [2.75, 3.05) is 0 Å². The normalized spacial score (nSPS) is 11.4. The Labute approximate surface area is 150 Å². The molecule has 26 heavy (non-hydrogen) atoms. The predicted octanol–water partition coefficient (Wildman–Crippen LogP) is 4.21. The standard InChI is InChI=1S/C20H17N3O3/c1-13-11-18(9-10-19(13)23(25)26)20(24)22-21-14(2)16-8-7-15-5-3-4-6-17(15)12-16/h3-12H,1-2H3,(H,22,24). The zero-order chi connectivity index (χ0) is 18.7. The molecule has 0 aliphatic carbocycles. The maximum atomic E-state index is 12.2. The fourth-order valence-corrected chi connectivity index (χ4v) is 2.68. The van der Waals surface area contributed by atoms with Gasteiger partial charge in [-0.25, -0.2) is 5.43 Å². The van der Waals surface area contributed by atoms with Gasteiger partial charge in [0.25, 0.3) is 11.6 Å². The number of carbonyl (C=O) groups excluding carboxylic acids is 1. The highest BCUT2D eigenvalue weighted by Gasteiger charge is 2.13. The largest absolute Gasteiger partial charge is 0.272 e. The summed E-state index contributed by atoms with van der Waals surface area (Å²) in [5.41, 5.74) is 4.81. The van der Waals surface area contributed by atoms with Crippen LogP contribution in [0.5, 0.6) is 0 Å². The predicted molar refractivity (Wildman–Crippen MR) is 101 cm³/mol. The molecular weight excluding hydrogens is 330 g/mol. The Kier molecular flexibility index (Phi) is 4.75. The van der Waals surface area contributed by atoms with Gasteiger partial charge in [0.15, 0.2) is 0 Å². The van der Waals surface area contributed by atoms with E-state index in [1.807, 2.05) is 49.4 Å². The van der Waals surface area contributed by atoms with Crippen molar-refractivity contribution in [3.05, 3.63) is 87.5 Å². The van der Waals surface area contributed by atoms with E-state index in [4.69, 9.17) is 0 Å². The Morgan fingerprint density at radius 1 is 1.00 bits per heavy atom. The smallest absolute Gasteiger partial charge is 0.267 e. The number of fused-ring (bicyclic) bond motifs is 1. The first-order chi connectivity index (χ1) is 12.5. The lowest BCUT2D eigenvalue weighted by molar-refractivity contribution is -0.385. The number of hydrogen-bond acceptors (Lipinski definition) is 4. The molecular formula is C20H17N3O3. The number of nitro benzene ring substituents is 1. The van der Waals surface area contributed by atoms with Gasteiger partial charge >= 0.3 is 0 Å². The molecule has 3 rings (SSSR count). The monoisotopic (exact) mass is 347 g/mol. The molecule has 0 atom stereocenters. The van der Waals surface area contributed by atoms with Crippen molar-refractivity contribution >= 4 is 28.1 Å². The van der Waals surface area contributed by atoms with Gasteiger partial charge < -0.3 is 0 Å². The van der Waals surface area contributed by atoms with Gasteiger partial charge in [0.05, 0.1) is 10.6 Å². The van der Waals surface area contributed by atoms with Crippen LogP contribution in [0.3, 0.4) is 0 Å². The quantitative estimate of drug-likeness (QED) is 0.436. The first-order valence-corrected chi connectivity index (χ1v) is 8.04. The van der Waals surface area contributed by atoms with Crippen molar-refractivity contribution in [3.63, 3.8) is 0 Å². The van der Waals surface area contributed by atoms with Gasteiger partial charge in [0, 0.05) is 17.2 Å². The van der Waals surface area contributed by atoms with Gasteiger partial charge in [0.1, 0.15) is 0 Å². The average Bonchev–Trinajstić information content (AvgIpc) is 2.65. The highest BCUT2D eigenvalue weighted by atomic mass is 16.6. The maximum absolute atomic E-state index is 12.2. The molecule has 0 fully saturated rings.